The molecule has 2 aliphatic rings. The number of likely N-dealkylation sites (tertiary alicyclic amines) is 1. The van der Waals surface area contributed by atoms with Gasteiger partial charge in [0.25, 0.3) is 0 Å². The van der Waals surface area contributed by atoms with Crippen LogP contribution in [0.1, 0.15) is 18.4 Å². The van der Waals surface area contributed by atoms with Gasteiger partial charge in [0.15, 0.2) is 0 Å². The Balaban J connectivity index is 1.67. The molecule has 2 fully saturated rings. The van der Waals surface area contributed by atoms with Crippen molar-refractivity contribution >= 4 is 15.9 Å². The molecule has 98 valence electrons. The third-order valence-electron chi connectivity index (χ3n) is 4.18. The summed E-state index contributed by atoms with van der Waals surface area (Å²) in [6.07, 6.45) is 2.56. The topological polar surface area (TPSA) is 15.3 Å². The van der Waals surface area contributed by atoms with E-state index in [1.807, 2.05) is 6.07 Å². The number of rotatable bonds is 2. The molecule has 1 aromatic carbocycles. The van der Waals surface area contributed by atoms with Gasteiger partial charge >= 0.3 is 0 Å². The van der Waals surface area contributed by atoms with Crippen molar-refractivity contribution in [1.29, 1.82) is 0 Å². The summed E-state index contributed by atoms with van der Waals surface area (Å²) >= 11 is 3.35. The molecule has 1 aromatic rings. The van der Waals surface area contributed by atoms with Crippen LogP contribution in [-0.4, -0.2) is 31.1 Å². The van der Waals surface area contributed by atoms with Crippen LogP contribution in [0.3, 0.4) is 0 Å². The predicted octanol–water partition coefficient (Wildman–Crippen LogP) is 2.77. The molecular formula is C14H18BrFN2. The molecule has 2 heterocycles. The van der Waals surface area contributed by atoms with E-state index in [0.29, 0.717) is 5.41 Å². The molecule has 1 N–H and O–H groups in total. The maximum atomic E-state index is 13.3. The summed E-state index contributed by atoms with van der Waals surface area (Å²) in [4.78, 5) is 2.45. The van der Waals surface area contributed by atoms with E-state index in [2.05, 4.69) is 26.1 Å². The lowest BCUT2D eigenvalue weighted by atomic mass is 9.86. The van der Waals surface area contributed by atoms with Crippen LogP contribution in [0.25, 0.3) is 0 Å². The highest BCUT2D eigenvalue weighted by molar-refractivity contribution is 9.10. The van der Waals surface area contributed by atoms with Gasteiger partial charge in [-0.15, -0.1) is 0 Å². The van der Waals surface area contributed by atoms with Gasteiger partial charge in [-0.1, -0.05) is 15.9 Å². The Hall–Kier alpha value is -0.450. The average Bonchev–Trinajstić information content (AvgIpc) is 2.89. The second-order valence-electron chi connectivity index (χ2n) is 5.67. The van der Waals surface area contributed by atoms with Gasteiger partial charge < -0.3 is 5.32 Å². The zero-order chi connectivity index (χ0) is 12.6. The van der Waals surface area contributed by atoms with Crippen LogP contribution in [0, 0.1) is 11.2 Å². The Morgan fingerprint density at radius 2 is 2.22 bits per heavy atom. The van der Waals surface area contributed by atoms with Crippen LogP contribution in [-0.2, 0) is 6.54 Å². The largest absolute Gasteiger partial charge is 0.316 e. The van der Waals surface area contributed by atoms with Crippen LogP contribution in [0.4, 0.5) is 4.39 Å². The SMILES string of the molecule is Fc1cc(Br)cc(CN2CCC3(CCNC3)C2)c1. The standard InChI is InChI=1S/C14H18BrFN2/c15-12-5-11(6-13(16)7-12)8-18-4-2-14(10-18)1-3-17-9-14/h5-7,17H,1-4,8-10H2. The molecule has 0 radical (unpaired) electrons. The van der Waals surface area contributed by atoms with E-state index in [1.165, 1.54) is 18.9 Å². The molecule has 3 rings (SSSR count). The molecule has 2 aliphatic heterocycles. The zero-order valence-corrected chi connectivity index (χ0v) is 12.0. The van der Waals surface area contributed by atoms with Crippen molar-refractivity contribution in [2.45, 2.75) is 19.4 Å². The van der Waals surface area contributed by atoms with E-state index in [-0.39, 0.29) is 5.82 Å². The average molecular weight is 313 g/mol. The van der Waals surface area contributed by atoms with Crippen LogP contribution < -0.4 is 5.32 Å². The first-order valence-electron chi connectivity index (χ1n) is 6.53. The minimum Gasteiger partial charge on any atom is -0.316 e. The smallest absolute Gasteiger partial charge is 0.124 e. The number of hydrogen-bond donors (Lipinski definition) is 1. The predicted molar refractivity (Wildman–Crippen MR) is 73.9 cm³/mol. The fourth-order valence-electron chi connectivity index (χ4n) is 3.27. The minimum atomic E-state index is -0.157. The Morgan fingerprint density at radius 3 is 2.94 bits per heavy atom. The second kappa shape index (κ2) is 4.91. The van der Waals surface area contributed by atoms with Gasteiger partial charge in [0.2, 0.25) is 0 Å². The lowest BCUT2D eigenvalue weighted by Crippen LogP contribution is -2.28. The van der Waals surface area contributed by atoms with Crippen LogP contribution in [0.2, 0.25) is 0 Å². The van der Waals surface area contributed by atoms with Crippen LogP contribution >= 0.6 is 15.9 Å². The molecule has 2 saturated heterocycles. The summed E-state index contributed by atoms with van der Waals surface area (Å²) in [5, 5.41) is 3.46. The lowest BCUT2D eigenvalue weighted by Gasteiger charge is -2.22. The van der Waals surface area contributed by atoms with E-state index in [9.17, 15) is 4.39 Å². The van der Waals surface area contributed by atoms with Crippen LogP contribution in [0.5, 0.6) is 0 Å². The summed E-state index contributed by atoms with van der Waals surface area (Å²) < 4.78 is 14.2. The summed E-state index contributed by atoms with van der Waals surface area (Å²) in [7, 11) is 0. The van der Waals surface area contributed by atoms with Crippen molar-refractivity contribution in [2.75, 3.05) is 26.2 Å². The summed E-state index contributed by atoms with van der Waals surface area (Å²) in [5.74, 6) is -0.157. The van der Waals surface area contributed by atoms with E-state index >= 15 is 0 Å². The van der Waals surface area contributed by atoms with E-state index in [1.54, 1.807) is 6.07 Å². The summed E-state index contributed by atoms with van der Waals surface area (Å²) in [6, 6.07) is 5.17. The monoisotopic (exact) mass is 312 g/mol. The maximum Gasteiger partial charge on any atom is 0.124 e. The van der Waals surface area contributed by atoms with Gasteiger partial charge in [-0.2, -0.15) is 0 Å². The number of hydrogen-bond acceptors (Lipinski definition) is 2. The first kappa shape index (κ1) is 12.6. The van der Waals surface area contributed by atoms with E-state index in [4.69, 9.17) is 0 Å². The van der Waals surface area contributed by atoms with E-state index < -0.39 is 0 Å². The molecule has 18 heavy (non-hydrogen) atoms. The summed E-state index contributed by atoms with van der Waals surface area (Å²) in [5.41, 5.74) is 1.55. The molecule has 0 amide bonds. The zero-order valence-electron chi connectivity index (χ0n) is 10.4. The molecule has 2 nitrogen and oxygen atoms in total. The molecule has 0 aromatic heterocycles. The highest BCUT2D eigenvalue weighted by Crippen LogP contribution is 2.36. The quantitative estimate of drug-likeness (QED) is 0.903. The molecule has 1 atom stereocenters. The van der Waals surface area contributed by atoms with Gasteiger partial charge in [-0.05, 0) is 55.1 Å². The van der Waals surface area contributed by atoms with Gasteiger partial charge in [-0.25, -0.2) is 4.39 Å². The third kappa shape index (κ3) is 2.60. The number of nitrogens with zero attached hydrogens (tertiary/aromatic N) is 1. The Kier molecular flexibility index (Phi) is 3.43. The van der Waals surface area contributed by atoms with Crippen molar-refractivity contribution in [3.05, 3.63) is 34.1 Å². The fraction of sp³-hybridized carbons (Fsp3) is 0.571. The number of halogens is 2. The Bertz CT molecular complexity index is 423. The molecule has 0 aliphatic carbocycles. The highest BCUT2D eigenvalue weighted by atomic mass is 79.9. The minimum absolute atomic E-state index is 0.157. The molecular weight excluding hydrogens is 295 g/mol. The van der Waals surface area contributed by atoms with Gasteiger partial charge in [-0.3, -0.25) is 4.90 Å². The Labute approximate surface area is 116 Å². The number of benzene rings is 1. The van der Waals surface area contributed by atoms with Crippen molar-refractivity contribution < 1.29 is 4.39 Å². The van der Waals surface area contributed by atoms with Gasteiger partial charge in [0.1, 0.15) is 5.82 Å². The number of nitrogens with one attached hydrogen (secondary N) is 1. The second-order valence-corrected chi connectivity index (χ2v) is 6.58. The fourth-order valence-corrected chi connectivity index (χ4v) is 3.78. The van der Waals surface area contributed by atoms with Crippen LogP contribution in [0.15, 0.2) is 22.7 Å². The van der Waals surface area contributed by atoms with Crippen molar-refractivity contribution in [3.8, 4) is 0 Å². The third-order valence-corrected chi connectivity index (χ3v) is 4.64. The molecule has 0 bridgehead atoms. The highest BCUT2D eigenvalue weighted by Gasteiger charge is 2.39. The Morgan fingerprint density at radius 1 is 1.33 bits per heavy atom. The normalized spacial score (nSPS) is 28.3. The van der Waals surface area contributed by atoms with Crippen molar-refractivity contribution in [3.63, 3.8) is 0 Å². The lowest BCUT2D eigenvalue weighted by molar-refractivity contribution is 0.268. The first-order valence-corrected chi connectivity index (χ1v) is 7.33. The molecule has 1 unspecified atom stereocenters. The van der Waals surface area contributed by atoms with E-state index in [0.717, 1.165) is 42.8 Å². The van der Waals surface area contributed by atoms with Gasteiger partial charge in [0, 0.05) is 24.1 Å². The first-order chi connectivity index (χ1) is 8.65. The van der Waals surface area contributed by atoms with Crippen molar-refractivity contribution in [1.82, 2.24) is 10.2 Å². The maximum absolute atomic E-state index is 13.3. The molecule has 1 spiro atoms. The molecule has 4 heteroatoms. The van der Waals surface area contributed by atoms with Gasteiger partial charge in [0.05, 0.1) is 0 Å². The molecule has 0 saturated carbocycles. The van der Waals surface area contributed by atoms with Crippen molar-refractivity contribution in [2.24, 2.45) is 5.41 Å². The summed E-state index contributed by atoms with van der Waals surface area (Å²) in [6.45, 7) is 5.44.